The molecule has 0 aromatic carbocycles. The van der Waals surface area contributed by atoms with Gasteiger partial charge in [0.05, 0.1) is 5.60 Å². The van der Waals surface area contributed by atoms with Crippen LogP contribution in [0.25, 0.3) is 0 Å². The predicted octanol–water partition coefficient (Wildman–Crippen LogP) is 0.587. The second kappa shape index (κ2) is 6.55. The van der Waals surface area contributed by atoms with Gasteiger partial charge >= 0.3 is 0 Å². The molecule has 1 heterocycles. The van der Waals surface area contributed by atoms with Gasteiger partial charge in [0.2, 0.25) is 0 Å². The van der Waals surface area contributed by atoms with Gasteiger partial charge in [0, 0.05) is 25.8 Å². The van der Waals surface area contributed by atoms with Crippen LogP contribution in [-0.2, 0) is 4.74 Å². The van der Waals surface area contributed by atoms with Crippen molar-refractivity contribution in [1.82, 2.24) is 4.90 Å². The Balaban J connectivity index is 2.16. The van der Waals surface area contributed by atoms with Gasteiger partial charge in [0.15, 0.2) is 0 Å². The summed E-state index contributed by atoms with van der Waals surface area (Å²) in [5, 5.41) is 9.78. The Hall–Kier alpha value is -0.160. The molecule has 1 aliphatic rings. The van der Waals surface area contributed by atoms with Gasteiger partial charge in [-0.15, -0.1) is 0 Å². The van der Waals surface area contributed by atoms with Crippen molar-refractivity contribution in [1.29, 1.82) is 0 Å². The molecule has 1 unspecified atom stereocenters. The highest BCUT2D eigenvalue weighted by Crippen LogP contribution is 2.15. The minimum absolute atomic E-state index is 0.341. The summed E-state index contributed by atoms with van der Waals surface area (Å²) in [7, 11) is 2.16. The Morgan fingerprint density at radius 1 is 1.44 bits per heavy atom. The lowest BCUT2D eigenvalue weighted by molar-refractivity contribution is 0.0331. The number of ether oxygens (including phenoxy) is 1. The molecule has 0 spiro atoms. The quantitative estimate of drug-likeness (QED) is 0.701. The van der Waals surface area contributed by atoms with Crippen molar-refractivity contribution in [2.75, 3.05) is 33.4 Å². The van der Waals surface area contributed by atoms with E-state index in [0.717, 1.165) is 45.4 Å². The molecule has 0 radical (unpaired) electrons. The highest BCUT2D eigenvalue weighted by Gasteiger charge is 2.20. The second-order valence-corrected chi connectivity index (χ2v) is 5.13. The van der Waals surface area contributed by atoms with E-state index >= 15 is 0 Å². The summed E-state index contributed by atoms with van der Waals surface area (Å²) >= 11 is 0. The largest absolute Gasteiger partial charge is 0.389 e. The number of aliphatic hydroxyl groups is 1. The Kier molecular flexibility index (Phi) is 5.69. The molecule has 0 aliphatic carbocycles. The molecule has 4 heteroatoms. The second-order valence-electron chi connectivity index (χ2n) is 5.13. The standard InChI is InChI=1S/C12H26N2O2/c1-12(15,10-13)6-3-7-14(2)11-4-8-16-9-5-11/h11,15H,3-10,13H2,1-2H3. The van der Waals surface area contributed by atoms with Gasteiger partial charge in [0.25, 0.3) is 0 Å². The fraction of sp³-hybridized carbons (Fsp3) is 1.00. The molecule has 1 aliphatic heterocycles. The van der Waals surface area contributed by atoms with Crippen LogP contribution in [0.15, 0.2) is 0 Å². The van der Waals surface area contributed by atoms with Crippen molar-refractivity contribution in [3.63, 3.8) is 0 Å². The SMILES string of the molecule is CN(CCCC(C)(O)CN)C1CCOCC1. The Morgan fingerprint density at radius 2 is 2.06 bits per heavy atom. The van der Waals surface area contributed by atoms with Crippen LogP contribution < -0.4 is 5.73 Å². The molecule has 0 amide bonds. The maximum atomic E-state index is 9.78. The van der Waals surface area contributed by atoms with Crippen LogP contribution in [0.3, 0.4) is 0 Å². The Labute approximate surface area is 98.8 Å². The third-order valence-electron chi connectivity index (χ3n) is 3.48. The molecule has 96 valence electrons. The lowest BCUT2D eigenvalue weighted by Gasteiger charge is -2.32. The van der Waals surface area contributed by atoms with E-state index in [1.807, 2.05) is 0 Å². The average Bonchev–Trinajstić information content (AvgIpc) is 2.30. The summed E-state index contributed by atoms with van der Waals surface area (Å²) in [6.45, 7) is 4.95. The summed E-state index contributed by atoms with van der Waals surface area (Å²) in [5.41, 5.74) is 4.79. The van der Waals surface area contributed by atoms with E-state index in [-0.39, 0.29) is 0 Å². The monoisotopic (exact) mass is 230 g/mol. The Bertz CT molecular complexity index is 191. The van der Waals surface area contributed by atoms with Gasteiger partial charge in [0.1, 0.15) is 0 Å². The van der Waals surface area contributed by atoms with Crippen LogP contribution in [0.5, 0.6) is 0 Å². The van der Waals surface area contributed by atoms with Crippen molar-refractivity contribution in [3.8, 4) is 0 Å². The molecule has 0 aromatic rings. The van der Waals surface area contributed by atoms with Crippen LogP contribution in [0, 0.1) is 0 Å². The van der Waals surface area contributed by atoms with E-state index in [9.17, 15) is 5.11 Å². The first-order valence-corrected chi connectivity index (χ1v) is 6.25. The zero-order valence-corrected chi connectivity index (χ0v) is 10.6. The zero-order valence-electron chi connectivity index (χ0n) is 10.6. The summed E-state index contributed by atoms with van der Waals surface area (Å²) in [5.74, 6) is 0. The highest BCUT2D eigenvalue weighted by atomic mass is 16.5. The molecule has 1 atom stereocenters. The van der Waals surface area contributed by atoms with Crippen molar-refractivity contribution >= 4 is 0 Å². The van der Waals surface area contributed by atoms with Gasteiger partial charge in [-0.1, -0.05) is 0 Å². The van der Waals surface area contributed by atoms with Crippen molar-refractivity contribution in [2.24, 2.45) is 5.73 Å². The lowest BCUT2D eigenvalue weighted by atomic mass is 10.00. The van der Waals surface area contributed by atoms with Crippen LogP contribution in [0.4, 0.5) is 0 Å². The van der Waals surface area contributed by atoms with Gasteiger partial charge in [-0.25, -0.2) is 0 Å². The maximum Gasteiger partial charge on any atom is 0.0741 e. The molecule has 1 fully saturated rings. The molecule has 0 bridgehead atoms. The van der Waals surface area contributed by atoms with E-state index in [1.54, 1.807) is 6.92 Å². The van der Waals surface area contributed by atoms with Crippen LogP contribution in [0.1, 0.15) is 32.6 Å². The first kappa shape index (κ1) is 13.9. The predicted molar refractivity (Wildman–Crippen MR) is 65.4 cm³/mol. The summed E-state index contributed by atoms with van der Waals surface area (Å²) in [6, 6.07) is 0.650. The number of nitrogens with two attached hydrogens (primary N) is 1. The van der Waals surface area contributed by atoms with E-state index < -0.39 is 5.60 Å². The third kappa shape index (κ3) is 4.78. The van der Waals surface area contributed by atoms with E-state index in [4.69, 9.17) is 10.5 Å². The van der Waals surface area contributed by atoms with E-state index in [1.165, 1.54) is 0 Å². The topological polar surface area (TPSA) is 58.7 Å². The summed E-state index contributed by atoms with van der Waals surface area (Å²) < 4.78 is 5.34. The molecule has 0 saturated carbocycles. The number of rotatable bonds is 6. The molecule has 0 aromatic heterocycles. The summed E-state index contributed by atoms with van der Waals surface area (Å²) in [6.07, 6.45) is 4.03. The number of nitrogens with zero attached hydrogens (tertiary/aromatic N) is 1. The minimum atomic E-state index is -0.698. The van der Waals surface area contributed by atoms with Gasteiger partial charge in [-0.2, -0.15) is 0 Å². The molecule has 16 heavy (non-hydrogen) atoms. The lowest BCUT2D eigenvalue weighted by Crippen LogP contribution is -2.39. The number of hydrogen-bond acceptors (Lipinski definition) is 4. The van der Waals surface area contributed by atoms with Crippen LogP contribution >= 0.6 is 0 Å². The summed E-state index contributed by atoms with van der Waals surface area (Å²) in [4.78, 5) is 2.38. The highest BCUT2D eigenvalue weighted by molar-refractivity contribution is 4.76. The van der Waals surface area contributed by atoms with Gasteiger partial charge in [-0.05, 0) is 46.2 Å². The molecular weight excluding hydrogens is 204 g/mol. The average molecular weight is 230 g/mol. The maximum absolute atomic E-state index is 9.78. The van der Waals surface area contributed by atoms with Crippen molar-refractivity contribution in [3.05, 3.63) is 0 Å². The van der Waals surface area contributed by atoms with Crippen molar-refractivity contribution < 1.29 is 9.84 Å². The molecule has 1 rings (SSSR count). The Morgan fingerprint density at radius 3 is 2.62 bits per heavy atom. The number of hydrogen-bond donors (Lipinski definition) is 2. The van der Waals surface area contributed by atoms with Gasteiger partial charge < -0.3 is 20.5 Å². The molecular formula is C12H26N2O2. The van der Waals surface area contributed by atoms with Crippen molar-refractivity contribution in [2.45, 2.75) is 44.2 Å². The first-order chi connectivity index (χ1) is 7.55. The van der Waals surface area contributed by atoms with E-state index in [2.05, 4.69) is 11.9 Å². The molecule has 1 saturated heterocycles. The smallest absolute Gasteiger partial charge is 0.0741 e. The molecule has 3 N–H and O–H groups in total. The zero-order chi connectivity index (χ0) is 12.0. The fourth-order valence-electron chi connectivity index (χ4n) is 2.12. The third-order valence-corrected chi connectivity index (χ3v) is 3.48. The van der Waals surface area contributed by atoms with Gasteiger partial charge in [-0.3, -0.25) is 0 Å². The molecule has 4 nitrogen and oxygen atoms in total. The minimum Gasteiger partial charge on any atom is -0.389 e. The van der Waals surface area contributed by atoms with E-state index in [0.29, 0.717) is 12.6 Å². The fourth-order valence-corrected chi connectivity index (χ4v) is 2.12. The van der Waals surface area contributed by atoms with Crippen LogP contribution in [-0.4, -0.2) is 55.0 Å². The van der Waals surface area contributed by atoms with Crippen LogP contribution in [0.2, 0.25) is 0 Å². The normalized spacial score (nSPS) is 22.3. The first-order valence-electron chi connectivity index (χ1n) is 6.25.